The van der Waals surface area contributed by atoms with Crippen LogP contribution in [0.2, 0.25) is 0 Å². The number of piperidine rings is 1. The Kier molecular flexibility index (Phi) is 5.95. The number of anilines is 1. The number of hydrogen-bond acceptors (Lipinski definition) is 6. The first-order valence-electron chi connectivity index (χ1n) is 12.0. The van der Waals surface area contributed by atoms with Crippen molar-refractivity contribution in [1.29, 1.82) is 0 Å². The molecule has 1 aromatic carbocycles. The second kappa shape index (κ2) is 8.79. The molecule has 4 saturated heterocycles. The van der Waals surface area contributed by atoms with Gasteiger partial charge < -0.3 is 14.6 Å². The molecule has 5 rings (SSSR count). The van der Waals surface area contributed by atoms with Gasteiger partial charge in [0.15, 0.2) is 0 Å². The lowest BCUT2D eigenvalue weighted by Gasteiger charge is -2.35. The monoisotopic (exact) mass is 476 g/mol. The Balaban J connectivity index is 1.16. The lowest BCUT2D eigenvalue weighted by atomic mass is 10.0. The molecule has 4 fully saturated rings. The van der Waals surface area contributed by atoms with Gasteiger partial charge in [-0.25, -0.2) is 13.6 Å². The van der Waals surface area contributed by atoms with Crippen molar-refractivity contribution in [3.05, 3.63) is 29.3 Å². The first-order chi connectivity index (χ1) is 16.2. The first-order valence-corrected chi connectivity index (χ1v) is 12.0. The third kappa shape index (κ3) is 4.47. The van der Waals surface area contributed by atoms with Crippen LogP contribution in [0.3, 0.4) is 0 Å². The molecule has 0 aromatic heterocycles. The number of carbonyl (C=O) groups is 3. The molecule has 0 aliphatic carbocycles. The second-order valence-electron chi connectivity index (χ2n) is 9.96. The predicted molar refractivity (Wildman–Crippen MR) is 119 cm³/mol. The summed E-state index contributed by atoms with van der Waals surface area (Å²) in [5.41, 5.74) is 3.36. The molecule has 0 bridgehead atoms. The van der Waals surface area contributed by atoms with Crippen molar-refractivity contribution in [2.75, 3.05) is 44.2 Å². The van der Waals surface area contributed by atoms with Crippen molar-refractivity contribution < 1.29 is 28.0 Å². The quantitative estimate of drug-likeness (QED) is 0.623. The van der Waals surface area contributed by atoms with Gasteiger partial charge in [0.05, 0.1) is 0 Å². The van der Waals surface area contributed by atoms with Crippen molar-refractivity contribution >= 4 is 23.6 Å². The average molecular weight is 477 g/mol. The molecule has 10 heteroatoms. The highest BCUT2D eigenvalue weighted by atomic mass is 19.3. The average Bonchev–Trinajstić information content (AvgIpc) is 3.45. The molecule has 34 heavy (non-hydrogen) atoms. The Morgan fingerprint density at radius 1 is 1.03 bits per heavy atom. The Morgan fingerprint density at radius 2 is 1.65 bits per heavy atom. The molecule has 4 heterocycles. The van der Waals surface area contributed by atoms with Gasteiger partial charge in [0.2, 0.25) is 0 Å². The van der Waals surface area contributed by atoms with Crippen LogP contribution < -0.4 is 4.90 Å². The molecule has 4 aliphatic rings. The van der Waals surface area contributed by atoms with Crippen LogP contribution in [0.1, 0.15) is 36.8 Å². The van der Waals surface area contributed by atoms with E-state index in [0.29, 0.717) is 43.1 Å². The van der Waals surface area contributed by atoms with Crippen LogP contribution in [-0.2, 0) is 21.0 Å². The van der Waals surface area contributed by atoms with Gasteiger partial charge in [0.25, 0.3) is 17.7 Å². The smallest absolute Gasteiger partial charge is 0.371 e. The lowest BCUT2D eigenvalue weighted by molar-refractivity contribution is -0.173. The van der Waals surface area contributed by atoms with E-state index in [4.69, 9.17) is 4.84 Å². The number of carbonyl (C=O) groups excluding carboxylic acids is 3. The molecular weight excluding hydrogens is 446 g/mol. The van der Waals surface area contributed by atoms with Crippen LogP contribution in [0, 0.1) is 18.8 Å². The highest BCUT2D eigenvalue weighted by Gasteiger charge is 2.44. The van der Waals surface area contributed by atoms with Crippen molar-refractivity contribution in [2.45, 2.75) is 45.1 Å². The van der Waals surface area contributed by atoms with Gasteiger partial charge in [0.1, 0.15) is 0 Å². The van der Waals surface area contributed by atoms with Gasteiger partial charge in [-0.3, -0.25) is 14.5 Å². The third-order valence-electron chi connectivity index (χ3n) is 7.64. The molecule has 8 nitrogen and oxygen atoms in total. The summed E-state index contributed by atoms with van der Waals surface area (Å²) in [4.78, 5) is 46.9. The van der Waals surface area contributed by atoms with Gasteiger partial charge in [-0.15, -0.1) is 5.06 Å². The maximum Gasteiger partial charge on any atom is 0.434 e. The highest BCUT2D eigenvalue weighted by molar-refractivity contribution is 6.01. The van der Waals surface area contributed by atoms with Crippen LogP contribution in [0.4, 0.5) is 19.3 Å². The Morgan fingerprint density at radius 3 is 2.26 bits per heavy atom. The van der Waals surface area contributed by atoms with Crippen LogP contribution >= 0.6 is 0 Å². The zero-order valence-corrected chi connectivity index (χ0v) is 19.3. The van der Waals surface area contributed by atoms with Crippen molar-refractivity contribution in [3.8, 4) is 0 Å². The maximum absolute atomic E-state index is 13.6. The number of imide groups is 1. The van der Waals surface area contributed by atoms with E-state index in [2.05, 4.69) is 22.8 Å². The number of benzene rings is 1. The number of hydrogen-bond donors (Lipinski definition) is 0. The molecule has 0 saturated carbocycles. The molecule has 0 spiro atoms. The van der Waals surface area contributed by atoms with Crippen LogP contribution in [0.5, 0.6) is 0 Å². The second-order valence-corrected chi connectivity index (χ2v) is 9.96. The van der Waals surface area contributed by atoms with E-state index in [1.165, 1.54) is 5.56 Å². The van der Waals surface area contributed by atoms with E-state index in [0.717, 1.165) is 30.9 Å². The summed E-state index contributed by atoms with van der Waals surface area (Å²) in [5.74, 6) is -2.88. The molecule has 4 aliphatic heterocycles. The van der Waals surface area contributed by atoms with E-state index >= 15 is 0 Å². The van der Waals surface area contributed by atoms with Crippen LogP contribution in [0.25, 0.3) is 0 Å². The molecule has 3 amide bonds. The molecular formula is C24H30F2N4O4. The minimum atomic E-state index is -2.56. The van der Waals surface area contributed by atoms with Crippen molar-refractivity contribution in [1.82, 2.24) is 14.9 Å². The minimum absolute atomic E-state index is 0.0805. The van der Waals surface area contributed by atoms with E-state index < -0.39 is 23.8 Å². The molecule has 2 unspecified atom stereocenters. The van der Waals surface area contributed by atoms with Gasteiger partial charge in [0, 0.05) is 77.2 Å². The largest absolute Gasteiger partial charge is 0.434 e. The number of nitrogens with zero attached hydrogens (tertiary/aromatic N) is 4. The summed E-state index contributed by atoms with van der Waals surface area (Å²) in [6.45, 7) is 6.34. The number of rotatable bonds is 4. The molecule has 0 radical (unpaired) electrons. The van der Waals surface area contributed by atoms with E-state index in [9.17, 15) is 23.2 Å². The number of alkyl halides is 2. The minimum Gasteiger partial charge on any atom is -0.371 e. The molecule has 184 valence electrons. The van der Waals surface area contributed by atoms with Gasteiger partial charge in [-0.1, -0.05) is 12.1 Å². The predicted octanol–water partition coefficient (Wildman–Crippen LogP) is 2.79. The Hall–Kier alpha value is -2.75. The van der Waals surface area contributed by atoms with Crippen molar-refractivity contribution in [2.24, 2.45) is 11.8 Å². The Bertz CT molecular complexity index is 963. The van der Waals surface area contributed by atoms with Crippen molar-refractivity contribution in [3.63, 3.8) is 0 Å². The zero-order valence-electron chi connectivity index (χ0n) is 19.3. The number of amides is 3. The summed E-state index contributed by atoms with van der Waals surface area (Å²) in [7, 11) is 0. The van der Waals surface area contributed by atoms with E-state index in [-0.39, 0.29) is 25.7 Å². The molecule has 1 aromatic rings. The zero-order chi connectivity index (χ0) is 24.0. The number of likely N-dealkylation sites (tertiary alicyclic amines) is 2. The fourth-order valence-corrected chi connectivity index (χ4v) is 5.66. The third-order valence-corrected chi connectivity index (χ3v) is 7.64. The topological polar surface area (TPSA) is 73.4 Å². The number of hydroxylamine groups is 2. The standard InChI is InChI=1S/C24H30F2N4O4/c1-16-17(3-2-4-20(16)28-9-7-24(25,26)8-10-28)11-27-12-18-14-29(15-19(18)13-27)23(33)34-30-21(31)5-6-22(30)32/h2-4,18-19H,5-15H2,1H3. The highest BCUT2D eigenvalue weighted by Crippen LogP contribution is 2.35. The summed E-state index contributed by atoms with van der Waals surface area (Å²) < 4.78 is 27.1. The van der Waals surface area contributed by atoms with Gasteiger partial charge in [-0.05, 0) is 36.0 Å². The number of halogens is 2. The summed E-state index contributed by atoms with van der Waals surface area (Å²) in [5, 5.41) is 0.599. The van der Waals surface area contributed by atoms with Gasteiger partial charge >= 0.3 is 6.09 Å². The molecule has 2 atom stereocenters. The van der Waals surface area contributed by atoms with Crippen LogP contribution in [-0.4, -0.2) is 78.0 Å². The fourth-order valence-electron chi connectivity index (χ4n) is 5.66. The van der Waals surface area contributed by atoms with E-state index in [1.54, 1.807) is 4.90 Å². The summed E-state index contributed by atoms with van der Waals surface area (Å²) in [6.07, 6.45) is -0.690. The van der Waals surface area contributed by atoms with Crippen LogP contribution in [0.15, 0.2) is 18.2 Å². The number of fused-ring (bicyclic) bond motifs is 1. The van der Waals surface area contributed by atoms with Gasteiger partial charge in [-0.2, -0.15) is 0 Å². The molecule has 0 N–H and O–H groups in total. The summed E-state index contributed by atoms with van der Waals surface area (Å²) >= 11 is 0. The SMILES string of the molecule is Cc1c(CN2CC3CN(C(=O)ON4C(=O)CCC4=O)CC3C2)cccc1N1CCC(F)(F)CC1. The van der Waals surface area contributed by atoms with E-state index in [1.807, 2.05) is 12.1 Å². The maximum atomic E-state index is 13.6. The lowest BCUT2D eigenvalue weighted by Crippen LogP contribution is -2.40. The first kappa shape index (κ1) is 23.0. The normalized spacial score (nSPS) is 27.0. The summed E-state index contributed by atoms with van der Waals surface area (Å²) in [6, 6.07) is 6.11. The fraction of sp³-hybridized carbons (Fsp3) is 0.625. The Labute approximate surface area is 197 Å².